The molecule has 1 heterocycles. The van der Waals surface area contributed by atoms with Gasteiger partial charge in [0.25, 0.3) is 0 Å². The highest BCUT2D eigenvalue weighted by Gasteiger charge is 1.95. The molecule has 0 bridgehead atoms. The van der Waals surface area contributed by atoms with Crippen LogP contribution in [0.3, 0.4) is 0 Å². The summed E-state index contributed by atoms with van der Waals surface area (Å²) in [6, 6.07) is 1.83. The molecule has 0 spiro atoms. The Balaban J connectivity index is 2.82. The van der Waals surface area contributed by atoms with E-state index in [9.17, 15) is 4.79 Å². The fourth-order valence-corrected chi connectivity index (χ4v) is 0.865. The van der Waals surface area contributed by atoms with E-state index in [-0.39, 0.29) is 5.82 Å². The zero-order chi connectivity index (χ0) is 8.10. The third-order valence-electron chi connectivity index (χ3n) is 1.34. The second kappa shape index (κ2) is 3.81. The lowest BCUT2D eigenvalue weighted by molar-refractivity contribution is 0.111. The van der Waals surface area contributed by atoms with Gasteiger partial charge in [-0.25, -0.2) is 9.97 Å². The molecular formula is C8H10N2O. The van der Waals surface area contributed by atoms with Crippen LogP contribution in [-0.4, -0.2) is 16.3 Å². The highest BCUT2D eigenvalue weighted by Crippen LogP contribution is 1.97. The van der Waals surface area contributed by atoms with Crippen molar-refractivity contribution in [3.8, 4) is 0 Å². The molecule has 0 aromatic carbocycles. The third kappa shape index (κ3) is 2.11. The number of rotatable bonds is 3. The van der Waals surface area contributed by atoms with E-state index in [0.717, 1.165) is 18.5 Å². The van der Waals surface area contributed by atoms with Crippen molar-refractivity contribution in [2.75, 3.05) is 0 Å². The monoisotopic (exact) mass is 150 g/mol. The number of aryl methyl sites for hydroxylation is 1. The van der Waals surface area contributed by atoms with Crippen LogP contribution in [0.25, 0.3) is 0 Å². The van der Waals surface area contributed by atoms with Crippen LogP contribution in [0.5, 0.6) is 0 Å². The van der Waals surface area contributed by atoms with Gasteiger partial charge in [-0.05, 0) is 12.5 Å². The Hall–Kier alpha value is -1.25. The standard InChI is InChI=1S/C8H10N2O/c1-2-3-7-4-5-9-8(6-11)10-7/h4-6H,2-3H2,1H3. The Morgan fingerprint density at radius 2 is 2.45 bits per heavy atom. The molecule has 1 aromatic rings. The Morgan fingerprint density at radius 3 is 3.09 bits per heavy atom. The first kappa shape index (κ1) is 7.85. The van der Waals surface area contributed by atoms with Crippen LogP contribution < -0.4 is 0 Å². The number of nitrogens with zero attached hydrogens (tertiary/aromatic N) is 2. The number of carbonyl (C=O) groups is 1. The molecule has 0 saturated heterocycles. The summed E-state index contributed by atoms with van der Waals surface area (Å²) >= 11 is 0. The van der Waals surface area contributed by atoms with E-state index in [1.807, 2.05) is 6.07 Å². The summed E-state index contributed by atoms with van der Waals surface area (Å²) in [5, 5.41) is 0. The van der Waals surface area contributed by atoms with Crippen LogP contribution in [0.2, 0.25) is 0 Å². The molecule has 0 radical (unpaired) electrons. The minimum Gasteiger partial charge on any atom is -0.294 e. The second-order valence-corrected chi connectivity index (χ2v) is 2.27. The van der Waals surface area contributed by atoms with Gasteiger partial charge >= 0.3 is 0 Å². The van der Waals surface area contributed by atoms with Crippen LogP contribution in [0.1, 0.15) is 29.7 Å². The van der Waals surface area contributed by atoms with Gasteiger partial charge in [0.1, 0.15) is 0 Å². The van der Waals surface area contributed by atoms with Crippen molar-refractivity contribution < 1.29 is 4.79 Å². The van der Waals surface area contributed by atoms with E-state index in [4.69, 9.17) is 0 Å². The molecule has 3 nitrogen and oxygen atoms in total. The van der Waals surface area contributed by atoms with Gasteiger partial charge in [-0.1, -0.05) is 13.3 Å². The molecule has 58 valence electrons. The van der Waals surface area contributed by atoms with E-state index >= 15 is 0 Å². The lowest BCUT2D eigenvalue weighted by Crippen LogP contribution is -1.96. The summed E-state index contributed by atoms with van der Waals surface area (Å²) in [6.07, 6.45) is 4.22. The second-order valence-electron chi connectivity index (χ2n) is 2.27. The fraction of sp³-hybridized carbons (Fsp3) is 0.375. The average Bonchev–Trinajstić information content (AvgIpc) is 2.06. The quantitative estimate of drug-likeness (QED) is 0.609. The minimum atomic E-state index is 0.274. The minimum absolute atomic E-state index is 0.274. The Morgan fingerprint density at radius 1 is 1.64 bits per heavy atom. The van der Waals surface area contributed by atoms with Gasteiger partial charge in [0.05, 0.1) is 0 Å². The molecular weight excluding hydrogens is 140 g/mol. The zero-order valence-corrected chi connectivity index (χ0v) is 6.45. The van der Waals surface area contributed by atoms with Crippen LogP contribution in [0.4, 0.5) is 0 Å². The normalized spacial score (nSPS) is 9.55. The summed E-state index contributed by atoms with van der Waals surface area (Å²) in [5.74, 6) is 0.274. The average molecular weight is 150 g/mol. The van der Waals surface area contributed by atoms with Gasteiger partial charge in [-0.2, -0.15) is 0 Å². The topological polar surface area (TPSA) is 42.9 Å². The predicted octanol–water partition coefficient (Wildman–Crippen LogP) is 1.24. The largest absolute Gasteiger partial charge is 0.294 e. The van der Waals surface area contributed by atoms with Crippen molar-refractivity contribution in [2.45, 2.75) is 19.8 Å². The Labute approximate surface area is 65.5 Å². The highest BCUT2D eigenvalue weighted by atomic mass is 16.1. The predicted molar refractivity (Wildman–Crippen MR) is 41.4 cm³/mol. The first-order chi connectivity index (χ1) is 5.36. The summed E-state index contributed by atoms with van der Waals surface area (Å²) < 4.78 is 0. The van der Waals surface area contributed by atoms with Crippen molar-refractivity contribution in [1.82, 2.24) is 9.97 Å². The molecule has 1 rings (SSSR count). The number of aromatic nitrogens is 2. The van der Waals surface area contributed by atoms with Crippen molar-refractivity contribution in [3.05, 3.63) is 23.8 Å². The van der Waals surface area contributed by atoms with E-state index in [1.165, 1.54) is 0 Å². The molecule has 0 fully saturated rings. The zero-order valence-electron chi connectivity index (χ0n) is 6.45. The molecule has 0 unspecified atom stereocenters. The molecule has 0 aliphatic rings. The highest BCUT2D eigenvalue weighted by molar-refractivity contribution is 5.68. The van der Waals surface area contributed by atoms with Gasteiger partial charge in [0.2, 0.25) is 0 Å². The Kier molecular flexibility index (Phi) is 2.72. The van der Waals surface area contributed by atoms with Gasteiger partial charge in [-0.3, -0.25) is 4.79 Å². The number of hydrogen-bond acceptors (Lipinski definition) is 3. The van der Waals surface area contributed by atoms with Crippen LogP contribution in [0, 0.1) is 0 Å². The van der Waals surface area contributed by atoms with Gasteiger partial charge in [0, 0.05) is 11.9 Å². The molecule has 0 aliphatic heterocycles. The van der Waals surface area contributed by atoms with Crippen molar-refractivity contribution in [3.63, 3.8) is 0 Å². The van der Waals surface area contributed by atoms with Gasteiger partial charge < -0.3 is 0 Å². The van der Waals surface area contributed by atoms with Crippen LogP contribution in [-0.2, 0) is 6.42 Å². The van der Waals surface area contributed by atoms with E-state index < -0.39 is 0 Å². The SMILES string of the molecule is CCCc1ccnc(C=O)n1. The first-order valence-corrected chi connectivity index (χ1v) is 3.64. The van der Waals surface area contributed by atoms with Gasteiger partial charge in [0.15, 0.2) is 12.1 Å². The Bertz CT molecular complexity index is 248. The number of hydrogen-bond donors (Lipinski definition) is 0. The maximum Gasteiger partial charge on any atom is 0.192 e. The van der Waals surface area contributed by atoms with E-state index in [2.05, 4.69) is 16.9 Å². The van der Waals surface area contributed by atoms with E-state index in [0.29, 0.717) is 6.29 Å². The molecule has 0 amide bonds. The maximum atomic E-state index is 10.2. The summed E-state index contributed by atoms with van der Waals surface area (Å²) in [4.78, 5) is 18.0. The molecule has 0 aliphatic carbocycles. The van der Waals surface area contributed by atoms with Crippen molar-refractivity contribution in [1.29, 1.82) is 0 Å². The molecule has 11 heavy (non-hydrogen) atoms. The van der Waals surface area contributed by atoms with Crippen molar-refractivity contribution in [2.24, 2.45) is 0 Å². The van der Waals surface area contributed by atoms with Crippen LogP contribution in [0.15, 0.2) is 12.3 Å². The van der Waals surface area contributed by atoms with Crippen molar-refractivity contribution >= 4 is 6.29 Å². The summed E-state index contributed by atoms with van der Waals surface area (Å²) in [6.45, 7) is 2.07. The lowest BCUT2D eigenvalue weighted by Gasteiger charge is -1.95. The molecule has 1 aromatic heterocycles. The molecule has 3 heteroatoms. The third-order valence-corrected chi connectivity index (χ3v) is 1.34. The number of aldehydes is 1. The molecule has 0 N–H and O–H groups in total. The lowest BCUT2D eigenvalue weighted by atomic mass is 10.2. The maximum absolute atomic E-state index is 10.2. The van der Waals surface area contributed by atoms with E-state index in [1.54, 1.807) is 6.20 Å². The first-order valence-electron chi connectivity index (χ1n) is 3.64. The fourth-order valence-electron chi connectivity index (χ4n) is 0.865. The molecule has 0 atom stereocenters. The number of carbonyl (C=O) groups excluding carboxylic acids is 1. The molecule has 0 saturated carbocycles. The van der Waals surface area contributed by atoms with Crippen LogP contribution >= 0.6 is 0 Å². The smallest absolute Gasteiger partial charge is 0.192 e. The summed E-state index contributed by atoms with van der Waals surface area (Å²) in [5.41, 5.74) is 0.935. The van der Waals surface area contributed by atoms with Gasteiger partial charge in [-0.15, -0.1) is 0 Å². The summed E-state index contributed by atoms with van der Waals surface area (Å²) in [7, 11) is 0.